The van der Waals surface area contributed by atoms with Crippen LogP contribution in [-0.4, -0.2) is 64.4 Å². The van der Waals surface area contributed by atoms with Gasteiger partial charge >= 0.3 is 5.97 Å². The Morgan fingerprint density at radius 1 is 1.12 bits per heavy atom. The zero-order chi connectivity index (χ0) is 24.3. The lowest BCUT2D eigenvalue weighted by atomic mass is 9.86. The molecule has 0 unspecified atom stereocenters. The Kier molecular flexibility index (Phi) is 8.73. The molecule has 2 aromatic carbocycles. The van der Waals surface area contributed by atoms with E-state index in [0.717, 1.165) is 11.1 Å². The molecule has 1 heterocycles. The minimum atomic E-state index is -4.29. The molecule has 1 aliphatic heterocycles. The Morgan fingerprint density at radius 2 is 1.76 bits per heavy atom. The van der Waals surface area contributed by atoms with E-state index in [1.165, 1.54) is 13.2 Å². The highest BCUT2D eigenvalue weighted by molar-refractivity contribution is 7.90. The first-order valence-corrected chi connectivity index (χ1v) is 12.0. The molecule has 0 saturated carbocycles. The summed E-state index contributed by atoms with van der Waals surface area (Å²) in [4.78, 5) is 31.2. The van der Waals surface area contributed by atoms with E-state index in [-0.39, 0.29) is 23.3 Å². The monoisotopic (exact) mass is 511 g/mol. The predicted molar refractivity (Wildman–Crippen MR) is 133 cm³/mol. The standard InChI is InChI=1S/C22H29N5O5S.ClH/c1-26(2)17-11-6-10-15-14(17)9-7-12-18(15)33(30,31)27-19(21(29)32-3)16(20(27)28)8-4-5-13-25-22(23)24;/h6-7,9-12,16,19H,4-5,8,13H2,1-3H3,(H4,23,24,25);1H/t16-,19+;/m1./s1. The number of rotatable bonds is 9. The molecule has 3 rings (SSSR count). The Bertz CT molecular complexity index is 1200. The van der Waals surface area contributed by atoms with E-state index in [1.54, 1.807) is 18.2 Å². The highest BCUT2D eigenvalue weighted by Crippen LogP contribution is 2.39. The van der Waals surface area contributed by atoms with Crippen molar-refractivity contribution in [2.24, 2.45) is 22.4 Å². The van der Waals surface area contributed by atoms with Gasteiger partial charge in [0.2, 0.25) is 5.91 Å². The number of carbonyl (C=O) groups excluding carboxylic acids is 2. The van der Waals surface area contributed by atoms with Crippen LogP contribution < -0.4 is 16.4 Å². The molecule has 0 spiro atoms. The first-order chi connectivity index (χ1) is 15.6. The summed E-state index contributed by atoms with van der Waals surface area (Å²) in [5.74, 6) is -2.18. The van der Waals surface area contributed by atoms with Gasteiger partial charge < -0.3 is 21.1 Å². The lowest BCUT2D eigenvalue weighted by Gasteiger charge is -2.44. The van der Waals surface area contributed by atoms with E-state index < -0.39 is 33.9 Å². The van der Waals surface area contributed by atoms with Gasteiger partial charge in [0, 0.05) is 37.1 Å². The van der Waals surface area contributed by atoms with Crippen LogP contribution in [0, 0.1) is 5.92 Å². The summed E-state index contributed by atoms with van der Waals surface area (Å²) in [5.41, 5.74) is 11.4. The van der Waals surface area contributed by atoms with Crippen molar-refractivity contribution in [2.45, 2.75) is 30.2 Å². The fourth-order valence-corrected chi connectivity index (χ4v) is 5.94. The fourth-order valence-electron chi connectivity index (χ4n) is 4.12. The molecule has 1 fully saturated rings. The first-order valence-electron chi connectivity index (χ1n) is 10.5. The van der Waals surface area contributed by atoms with Crippen molar-refractivity contribution in [3.05, 3.63) is 36.4 Å². The second-order valence-electron chi connectivity index (χ2n) is 8.04. The number of hydrogen-bond donors (Lipinski definition) is 2. The summed E-state index contributed by atoms with van der Waals surface area (Å²) < 4.78 is 32.7. The number of nitrogens with zero attached hydrogens (tertiary/aromatic N) is 3. The molecule has 0 aliphatic carbocycles. The van der Waals surface area contributed by atoms with Crippen LogP contribution in [0.25, 0.3) is 10.8 Å². The molecule has 12 heteroatoms. The van der Waals surface area contributed by atoms with E-state index in [2.05, 4.69) is 4.99 Å². The predicted octanol–water partition coefficient (Wildman–Crippen LogP) is 1.46. The zero-order valence-electron chi connectivity index (χ0n) is 19.3. The molecule has 4 N–H and O–H groups in total. The number of hydrogen-bond acceptors (Lipinski definition) is 7. The lowest BCUT2D eigenvalue weighted by Crippen LogP contribution is -2.66. The SMILES string of the molecule is COC(=O)[C@@H]1[C@@H](CCCCN=C(N)N)C(=O)N1S(=O)(=O)c1cccc2c(N(C)C)cccc12.Cl. The number of unbranched alkanes of at least 4 members (excludes halogenated alkanes) is 1. The number of guanidine groups is 1. The molecule has 10 nitrogen and oxygen atoms in total. The number of nitrogens with two attached hydrogens (primary N) is 2. The number of halogens is 1. The smallest absolute Gasteiger partial charge is 0.330 e. The zero-order valence-corrected chi connectivity index (χ0v) is 20.9. The summed E-state index contributed by atoms with van der Waals surface area (Å²) in [6.07, 6.45) is 1.47. The van der Waals surface area contributed by atoms with Gasteiger partial charge in [-0.2, -0.15) is 0 Å². The van der Waals surface area contributed by atoms with E-state index in [0.29, 0.717) is 35.5 Å². The Hall–Kier alpha value is -3.05. The number of carbonyl (C=O) groups is 2. The maximum atomic E-state index is 13.6. The summed E-state index contributed by atoms with van der Waals surface area (Å²) in [7, 11) is 0.601. The summed E-state index contributed by atoms with van der Waals surface area (Å²) >= 11 is 0. The molecule has 1 amide bonds. The summed E-state index contributed by atoms with van der Waals surface area (Å²) in [6, 6.07) is 9.01. The van der Waals surface area contributed by atoms with Gasteiger partial charge in [0.25, 0.3) is 10.0 Å². The van der Waals surface area contributed by atoms with Gasteiger partial charge in [0.15, 0.2) is 12.0 Å². The highest BCUT2D eigenvalue weighted by atomic mass is 35.5. The third-order valence-corrected chi connectivity index (χ3v) is 7.54. The van der Waals surface area contributed by atoms with Gasteiger partial charge in [-0.25, -0.2) is 17.5 Å². The molecule has 186 valence electrons. The number of β-lactam (4-membered cyclic amide) rings is 1. The highest BCUT2D eigenvalue weighted by Gasteiger charge is 2.57. The number of benzene rings is 2. The van der Waals surface area contributed by atoms with Crippen LogP contribution in [0.15, 0.2) is 46.3 Å². The third kappa shape index (κ3) is 5.05. The molecule has 0 aromatic heterocycles. The van der Waals surface area contributed by atoms with Gasteiger partial charge in [0.1, 0.15) is 0 Å². The van der Waals surface area contributed by atoms with Gasteiger partial charge in [-0.15, -0.1) is 12.4 Å². The van der Waals surface area contributed by atoms with Crippen molar-refractivity contribution in [1.29, 1.82) is 0 Å². The normalized spacial score (nSPS) is 17.5. The van der Waals surface area contributed by atoms with Crippen molar-refractivity contribution in [1.82, 2.24) is 4.31 Å². The van der Waals surface area contributed by atoms with E-state index >= 15 is 0 Å². The van der Waals surface area contributed by atoms with Crippen molar-refractivity contribution in [3.63, 3.8) is 0 Å². The number of esters is 1. The fraction of sp³-hybridized carbons (Fsp3) is 0.409. The average molecular weight is 512 g/mol. The van der Waals surface area contributed by atoms with Crippen LogP contribution in [0.3, 0.4) is 0 Å². The van der Waals surface area contributed by atoms with Crippen molar-refractivity contribution in [2.75, 3.05) is 32.6 Å². The van der Waals surface area contributed by atoms with Crippen LogP contribution >= 0.6 is 12.4 Å². The maximum Gasteiger partial charge on any atom is 0.330 e. The topological polar surface area (TPSA) is 148 Å². The van der Waals surface area contributed by atoms with Crippen LogP contribution in [0.1, 0.15) is 19.3 Å². The van der Waals surface area contributed by atoms with Gasteiger partial charge in [-0.1, -0.05) is 30.7 Å². The molecular formula is C22H30ClN5O5S. The van der Waals surface area contributed by atoms with Crippen LogP contribution in [-0.2, 0) is 24.3 Å². The van der Waals surface area contributed by atoms with Crippen LogP contribution in [0.4, 0.5) is 5.69 Å². The summed E-state index contributed by atoms with van der Waals surface area (Å²) in [5, 5.41) is 1.20. The number of sulfonamides is 1. The molecule has 34 heavy (non-hydrogen) atoms. The van der Waals surface area contributed by atoms with E-state index in [1.807, 2.05) is 31.1 Å². The minimum Gasteiger partial charge on any atom is -0.467 e. The van der Waals surface area contributed by atoms with Crippen LogP contribution in [0.2, 0.25) is 0 Å². The largest absolute Gasteiger partial charge is 0.467 e. The van der Waals surface area contributed by atoms with Gasteiger partial charge in [-0.3, -0.25) is 9.79 Å². The number of methoxy groups -OCH3 is 1. The molecule has 2 atom stereocenters. The second kappa shape index (κ2) is 10.9. The number of anilines is 1. The van der Waals surface area contributed by atoms with Crippen molar-refractivity contribution < 1.29 is 22.7 Å². The number of fused-ring (bicyclic) bond motifs is 1. The maximum absolute atomic E-state index is 13.6. The number of amides is 1. The Labute approximate surface area is 205 Å². The van der Waals surface area contributed by atoms with Gasteiger partial charge in [-0.05, 0) is 25.0 Å². The minimum absolute atomic E-state index is 0. The first kappa shape index (κ1) is 27.2. The summed E-state index contributed by atoms with van der Waals surface area (Å²) in [6.45, 7) is 0.387. The number of aliphatic imine (C=N–C) groups is 1. The molecule has 1 aliphatic rings. The Morgan fingerprint density at radius 3 is 2.38 bits per heavy atom. The van der Waals surface area contributed by atoms with E-state index in [9.17, 15) is 18.0 Å². The van der Waals surface area contributed by atoms with Gasteiger partial charge in [0.05, 0.1) is 17.9 Å². The quantitative estimate of drug-likeness (QED) is 0.169. The Balaban J connectivity index is 0.00000408. The van der Waals surface area contributed by atoms with E-state index in [4.69, 9.17) is 16.2 Å². The molecule has 0 radical (unpaired) electrons. The number of ether oxygens (including phenoxy) is 1. The lowest BCUT2D eigenvalue weighted by molar-refractivity contribution is -0.165. The van der Waals surface area contributed by atoms with Crippen molar-refractivity contribution in [3.8, 4) is 0 Å². The molecular weight excluding hydrogens is 482 g/mol. The second-order valence-corrected chi connectivity index (χ2v) is 9.82. The van der Waals surface area contributed by atoms with Crippen molar-refractivity contribution >= 4 is 56.7 Å². The average Bonchev–Trinajstić information content (AvgIpc) is 2.77. The van der Waals surface area contributed by atoms with Crippen LogP contribution in [0.5, 0.6) is 0 Å². The molecule has 0 bridgehead atoms. The molecule has 2 aromatic rings. The third-order valence-electron chi connectivity index (χ3n) is 5.71. The molecule has 1 saturated heterocycles.